The molecule has 26 heavy (non-hydrogen) atoms. The van der Waals surface area contributed by atoms with Crippen LogP contribution in [0.5, 0.6) is 0 Å². The van der Waals surface area contributed by atoms with Gasteiger partial charge in [0.2, 0.25) is 5.91 Å². The number of likely N-dealkylation sites (N-methyl/N-ethyl adjacent to an activating group) is 1. The van der Waals surface area contributed by atoms with E-state index < -0.39 is 0 Å². The molecule has 3 aromatic rings. The van der Waals surface area contributed by atoms with E-state index in [0.717, 1.165) is 16.5 Å². The molecule has 2 N–H and O–H groups in total. The second-order valence-corrected chi connectivity index (χ2v) is 6.57. The number of hydrogen-bond acceptors (Lipinski definition) is 2. The molecule has 2 aromatic carbocycles. The molecule has 2 amide bonds. The quantitative estimate of drug-likeness (QED) is 0.700. The Morgan fingerprint density at radius 1 is 1.12 bits per heavy atom. The van der Waals surface area contributed by atoms with Gasteiger partial charge in [-0.05, 0) is 30.2 Å². The van der Waals surface area contributed by atoms with Crippen LogP contribution in [0.25, 0.3) is 10.9 Å². The maximum Gasteiger partial charge on any atom is 0.256 e. The summed E-state index contributed by atoms with van der Waals surface area (Å²) in [6.45, 7) is 0.522. The van der Waals surface area contributed by atoms with Crippen LogP contribution < -0.4 is 5.32 Å². The molecule has 0 atom stereocenters. The van der Waals surface area contributed by atoms with E-state index in [-0.39, 0.29) is 18.4 Å². The molecular weight excluding hydrogens is 350 g/mol. The summed E-state index contributed by atoms with van der Waals surface area (Å²) in [7, 11) is 1.63. The molecule has 0 saturated carbocycles. The van der Waals surface area contributed by atoms with Crippen molar-refractivity contribution in [3.05, 3.63) is 70.9 Å². The lowest BCUT2D eigenvalue weighted by molar-refractivity contribution is -0.121. The predicted octanol–water partition coefficient (Wildman–Crippen LogP) is 3.25. The lowest BCUT2D eigenvalue weighted by Gasteiger charge is -2.16. The van der Waals surface area contributed by atoms with Crippen molar-refractivity contribution >= 4 is 34.3 Å². The number of fused-ring (bicyclic) bond motifs is 1. The number of aromatic nitrogens is 1. The number of amides is 2. The molecule has 0 aliphatic rings. The van der Waals surface area contributed by atoms with Gasteiger partial charge in [0.05, 0.1) is 12.1 Å². The average molecular weight is 370 g/mol. The van der Waals surface area contributed by atoms with Gasteiger partial charge >= 0.3 is 0 Å². The normalized spacial score (nSPS) is 10.7. The van der Waals surface area contributed by atoms with Crippen LogP contribution in [0.4, 0.5) is 0 Å². The predicted molar refractivity (Wildman–Crippen MR) is 103 cm³/mol. The topological polar surface area (TPSA) is 65.2 Å². The van der Waals surface area contributed by atoms with Crippen molar-refractivity contribution in [3.63, 3.8) is 0 Å². The van der Waals surface area contributed by atoms with E-state index in [9.17, 15) is 9.59 Å². The molecule has 134 valence electrons. The number of para-hydroxylation sites is 1. The number of aromatic amines is 1. The Labute approximate surface area is 157 Å². The van der Waals surface area contributed by atoms with Crippen LogP contribution in [0.3, 0.4) is 0 Å². The number of benzene rings is 2. The monoisotopic (exact) mass is 369 g/mol. The van der Waals surface area contributed by atoms with Crippen molar-refractivity contribution in [3.8, 4) is 0 Å². The SMILES string of the molecule is CN(CC(=O)NCCc1ccc(Cl)cc1)C(=O)c1c[nH]c2ccccc12. The van der Waals surface area contributed by atoms with Gasteiger partial charge in [0, 0.05) is 35.7 Å². The highest BCUT2D eigenvalue weighted by Gasteiger charge is 2.18. The first-order valence-corrected chi connectivity index (χ1v) is 8.75. The molecule has 0 radical (unpaired) electrons. The highest BCUT2D eigenvalue weighted by Crippen LogP contribution is 2.18. The molecule has 3 rings (SSSR count). The fourth-order valence-electron chi connectivity index (χ4n) is 2.79. The van der Waals surface area contributed by atoms with Gasteiger partial charge in [-0.25, -0.2) is 0 Å². The summed E-state index contributed by atoms with van der Waals surface area (Å²) in [5, 5.41) is 4.38. The van der Waals surface area contributed by atoms with Crippen LogP contribution >= 0.6 is 11.6 Å². The van der Waals surface area contributed by atoms with Crippen molar-refractivity contribution < 1.29 is 9.59 Å². The Bertz CT molecular complexity index is 918. The lowest BCUT2D eigenvalue weighted by atomic mass is 10.1. The van der Waals surface area contributed by atoms with Crippen LogP contribution in [0.2, 0.25) is 5.02 Å². The summed E-state index contributed by atoms with van der Waals surface area (Å²) >= 11 is 5.85. The Balaban J connectivity index is 1.52. The molecular formula is C20H20ClN3O2. The highest BCUT2D eigenvalue weighted by molar-refractivity contribution is 6.30. The summed E-state index contributed by atoms with van der Waals surface area (Å²) < 4.78 is 0. The zero-order chi connectivity index (χ0) is 18.5. The van der Waals surface area contributed by atoms with Gasteiger partial charge in [-0.1, -0.05) is 41.9 Å². The Morgan fingerprint density at radius 3 is 2.62 bits per heavy atom. The fraction of sp³-hybridized carbons (Fsp3) is 0.200. The molecule has 0 aliphatic heterocycles. The molecule has 1 heterocycles. The number of halogens is 1. The Morgan fingerprint density at radius 2 is 1.85 bits per heavy atom. The maximum atomic E-state index is 12.6. The third-order valence-electron chi connectivity index (χ3n) is 4.20. The zero-order valence-corrected chi connectivity index (χ0v) is 15.2. The summed E-state index contributed by atoms with van der Waals surface area (Å²) in [6, 6.07) is 15.1. The van der Waals surface area contributed by atoms with E-state index >= 15 is 0 Å². The zero-order valence-electron chi connectivity index (χ0n) is 14.5. The molecule has 0 unspecified atom stereocenters. The van der Waals surface area contributed by atoms with Gasteiger partial charge < -0.3 is 15.2 Å². The van der Waals surface area contributed by atoms with E-state index in [0.29, 0.717) is 23.6 Å². The fourth-order valence-corrected chi connectivity index (χ4v) is 2.92. The van der Waals surface area contributed by atoms with Crippen LogP contribution in [0.1, 0.15) is 15.9 Å². The van der Waals surface area contributed by atoms with Crippen molar-refractivity contribution in [2.45, 2.75) is 6.42 Å². The lowest BCUT2D eigenvalue weighted by Crippen LogP contribution is -2.39. The van der Waals surface area contributed by atoms with E-state index in [4.69, 9.17) is 11.6 Å². The van der Waals surface area contributed by atoms with Crippen molar-refractivity contribution in [1.29, 1.82) is 0 Å². The molecule has 0 spiro atoms. The summed E-state index contributed by atoms with van der Waals surface area (Å²) in [5.41, 5.74) is 2.56. The summed E-state index contributed by atoms with van der Waals surface area (Å²) in [5.74, 6) is -0.370. The van der Waals surface area contributed by atoms with Crippen LogP contribution in [-0.4, -0.2) is 41.8 Å². The Kier molecular flexibility index (Phi) is 5.58. The molecule has 0 fully saturated rings. The van der Waals surface area contributed by atoms with E-state index in [1.54, 1.807) is 13.2 Å². The molecule has 6 heteroatoms. The van der Waals surface area contributed by atoms with Crippen molar-refractivity contribution in [2.24, 2.45) is 0 Å². The van der Waals surface area contributed by atoms with Crippen LogP contribution in [0.15, 0.2) is 54.7 Å². The van der Waals surface area contributed by atoms with Crippen molar-refractivity contribution in [1.82, 2.24) is 15.2 Å². The number of nitrogens with zero attached hydrogens (tertiary/aromatic N) is 1. The minimum absolute atomic E-state index is 0.0129. The molecule has 0 aliphatic carbocycles. The maximum absolute atomic E-state index is 12.6. The molecule has 0 bridgehead atoms. The number of carbonyl (C=O) groups excluding carboxylic acids is 2. The highest BCUT2D eigenvalue weighted by atomic mass is 35.5. The minimum Gasteiger partial charge on any atom is -0.360 e. The number of H-pyrrole nitrogens is 1. The van der Waals surface area contributed by atoms with Gasteiger partial charge in [-0.3, -0.25) is 9.59 Å². The van der Waals surface area contributed by atoms with Gasteiger partial charge in [0.1, 0.15) is 0 Å². The van der Waals surface area contributed by atoms with Gasteiger partial charge in [0.25, 0.3) is 5.91 Å². The average Bonchev–Trinajstić information content (AvgIpc) is 3.06. The Hall–Kier alpha value is -2.79. The van der Waals surface area contributed by atoms with Crippen molar-refractivity contribution in [2.75, 3.05) is 20.1 Å². The first kappa shape index (κ1) is 18.0. The second-order valence-electron chi connectivity index (χ2n) is 6.14. The standard InChI is InChI=1S/C20H20ClN3O2/c1-24(20(26)17-12-23-18-5-3-2-4-16(17)18)13-19(25)22-11-10-14-6-8-15(21)9-7-14/h2-9,12,23H,10-11,13H2,1H3,(H,22,25). The van der Waals surface area contributed by atoms with E-state index in [1.807, 2.05) is 48.5 Å². The summed E-state index contributed by atoms with van der Waals surface area (Å²) in [6.07, 6.45) is 2.39. The van der Waals surface area contributed by atoms with Crippen LogP contribution in [0, 0.1) is 0 Å². The third-order valence-corrected chi connectivity index (χ3v) is 4.45. The van der Waals surface area contributed by atoms with E-state index in [1.165, 1.54) is 4.90 Å². The first-order chi connectivity index (χ1) is 12.5. The van der Waals surface area contributed by atoms with Gasteiger partial charge in [0.15, 0.2) is 0 Å². The van der Waals surface area contributed by atoms with Crippen LogP contribution in [-0.2, 0) is 11.2 Å². The number of hydrogen-bond donors (Lipinski definition) is 2. The van der Waals surface area contributed by atoms with E-state index in [2.05, 4.69) is 10.3 Å². The first-order valence-electron chi connectivity index (χ1n) is 8.37. The number of carbonyl (C=O) groups is 2. The molecule has 0 saturated heterocycles. The minimum atomic E-state index is -0.186. The molecule has 5 nitrogen and oxygen atoms in total. The second kappa shape index (κ2) is 8.06. The van der Waals surface area contributed by atoms with Gasteiger partial charge in [-0.15, -0.1) is 0 Å². The summed E-state index contributed by atoms with van der Waals surface area (Å²) in [4.78, 5) is 29.2. The third kappa shape index (κ3) is 4.24. The molecule has 1 aromatic heterocycles. The smallest absolute Gasteiger partial charge is 0.256 e. The van der Waals surface area contributed by atoms with Gasteiger partial charge in [-0.2, -0.15) is 0 Å². The largest absolute Gasteiger partial charge is 0.360 e. The number of rotatable bonds is 6. The number of nitrogens with one attached hydrogen (secondary N) is 2.